The number of rotatable bonds is 38. The van der Waals surface area contributed by atoms with Crippen LogP contribution in [0.15, 0.2) is 0 Å². The van der Waals surface area contributed by atoms with E-state index in [9.17, 15) is 23.9 Å². The number of esters is 2. The van der Waals surface area contributed by atoms with Crippen LogP contribution in [-0.2, 0) is 28.2 Å². The van der Waals surface area contributed by atoms with E-state index < -0.39 is 32.5 Å². The Morgan fingerprint density at radius 1 is 0.469 bits per heavy atom. The van der Waals surface area contributed by atoms with Crippen LogP contribution in [0.25, 0.3) is 0 Å². The summed E-state index contributed by atoms with van der Waals surface area (Å²) >= 11 is 0. The van der Waals surface area contributed by atoms with Gasteiger partial charge in [-0.15, -0.1) is 0 Å². The molecule has 0 N–H and O–H groups in total. The first-order valence-electron chi connectivity index (χ1n) is 20.3. The molecule has 0 fully saturated rings. The van der Waals surface area contributed by atoms with Crippen LogP contribution in [-0.4, -0.2) is 31.3 Å². The molecule has 49 heavy (non-hydrogen) atoms. The molecule has 8 nitrogen and oxygen atoms in total. The second-order valence-corrected chi connectivity index (χ2v) is 15.1. The van der Waals surface area contributed by atoms with Gasteiger partial charge in [-0.3, -0.25) is 9.59 Å². The molecule has 286 valence electrons. The van der Waals surface area contributed by atoms with E-state index in [0.717, 1.165) is 32.1 Å². The van der Waals surface area contributed by atoms with Crippen LogP contribution in [0.3, 0.4) is 0 Å². The van der Waals surface area contributed by atoms with Gasteiger partial charge in [0.05, 0.1) is 14.4 Å². The Hall–Kier alpha value is 0.0500. The van der Waals surface area contributed by atoms with Gasteiger partial charge in [0.2, 0.25) is 0 Å². The Morgan fingerprint density at radius 2 is 0.755 bits per heavy atom. The number of carbonyl (C=O) groups excluding carboxylic acids is 2. The number of hydrogen-bond donors (Lipinski definition) is 0. The van der Waals surface area contributed by atoms with Crippen LogP contribution in [0.1, 0.15) is 219 Å². The molecule has 0 amide bonds. The molecule has 1 atom stereocenters. The van der Waals surface area contributed by atoms with Crippen LogP contribution < -0.4 is 39.3 Å². The van der Waals surface area contributed by atoms with Crippen molar-refractivity contribution < 1.29 is 67.5 Å². The van der Waals surface area contributed by atoms with Crippen molar-refractivity contribution in [2.75, 3.05) is 13.2 Å². The largest absolute Gasteiger partial charge is 1.00 e. The summed E-state index contributed by atoms with van der Waals surface area (Å²) in [7, 11) is -5.24. The second kappa shape index (κ2) is 39.3. The number of phosphoric ester groups is 1. The van der Waals surface area contributed by atoms with Gasteiger partial charge < -0.3 is 28.3 Å². The SMILES string of the molecule is CCCCCCCCCCCCCCCCCC(=O)OC[C@H](COP(=O)([O-])[O-])OC(=O)CCCCCCCCCCCCCCCCC.[Na+]. The first kappa shape index (κ1) is 51.2. The van der Waals surface area contributed by atoms with Crippen LogP contribution in [0.4, 0.5) is 0 Å². The van der Waals surface area contributed by atoms with Crippen LogP contribution in [0.5, 0.6) is 0 Å². The number of hydrogen-bond acceptors (Lipinski definition) is 8. The summed E-state index contributed by atoms with van der Waals surface area (Å²) in [6, 6.07) is 0. The molecule has 0 aromatic heterocycles. The molecule has 0 aromatic carbocycles. The van der Waals surface area contributed by atoms with Crippen molar-refractivity contribution >= 4 is 19.8 Å². The fourth-order valence-corrected chi connectivity index (χ4v) is 6.42. The molecule has 0 spiro atoms. The second-order valence-electron chi connectivity index (χ2n) is 13.9. The van der Waals surface area contributed by atoms with Crippen molar-refractivity contribution in [3.8, 4) is 0 Å². The maximum atomic E-state index is 12.3. The average Bonchev–Trinajstić information content (AvgIpc) is 3.05. The number of unbranched alkanes of at least 4 members (excludes halogenated alkanes) is 28. The molecule has 0 unspecified atom stereocenters. The van der Waals surface area contributed by atoms with Gasteiger partial charge in [-0.25, -0.2) is 0 Å². The average molecular weight is 726 g/mol. The molecule has 0 radical (unpaired) electrons. The van der Waals surface area contributed by atoms with Crippen molar-refractivity contribution in [2.45, 2.75) is 225 Å². The third-order valence-corrected chi connectivity index (χ3v) is 9.58. The topological polar surface area (TPSA) is 125 Å². The van der Waals surface area contributed by atoms with Crippen LogP contribution in [0, 0.1) is 0 Å². The molecule has 0 aliphatic carbocycles. The van der Waals surface area contributed by atoms with Gasteiger partial charge in [0.1, 0.15) is 6.61 Å². The van der Waals surface area contributed by atoms with E-state index in [4.69, 9.17) is 9.47 Å². The van der Waals surface area contributed by atoms with Gasteiger partial charge in [0.15, 0.2) is 6.10 Å². The molecule has 0 aliphatic rings. The Bertz CT molecular complexity index is 763. The van der Waals surface area contributed by atoms with Gasteiger partial charge in [-0.2, -0.15) is 0 Å². The van der Waals surface area contributed by atoms with Gasteiger partial charge in [0.25, 0.3) is 0 Å². The fraction of sp³-hybridized carbons (Fsp3) is 0.949. The summed E-state index contributed by atoms with van der Waals surface area (Å²) in [4.78, 5) is 46.5. The van der Waals surface area contributed by atoms with Crippen LogP contribution >= 0.6 is 7.82 Å². The smallest absolute Gasteiger partial charge is 0.790 e. The van der Waals surface area contributed by atoms with Crippen LogP contribution in [0.2, 0.25) is 0 Å². The molecular formula is C39H75NaO8P-. The van der Waals surface area contributed by atoms with Gasteiger partial charge in [-0.05, 0) is 12.8 Å². The van der Waals surface area contributed by atoms with Crippen molar-refractivity contribution in [2.24, 2.45) is 0 Å². The van der Waals surface area contributed by atoms with E-state index in [2.05, 4.69) is 18.4 Å². The number of ether oxygens (including phenoxy) is 2. The first-order chi connectivity index (χ1) is 23.3. The summed E-state index contributed by atoms with van der Waals surface area (Å²) < 4.78 is 25.8. The zero-order valence-electron chi connectivity index (χ0n) is 32.3. The zero-order valence-corrected chi connectivity index (χ0v) is 35.2. The third-order valence-electron chi connectivity index (χ3n) is 9.12. The van der Waals surface area contributed by atoms with Crippen molar-refractivity contribution in [3.05, 3.63) is 0 Å². The molecule has 0 saturated heterocycles. The van der Waals surface area contributed by atoms with Gasteiger partial charge >= 0.3 is 41.5 Å². The summed E-state index contributed by atoms with van der Waals surface area (Å²) in [5, 5.41) is 0. The molecule has 0 bridgehead atoms. The van der Waals surface area contributed by atoms with Crippen molar-refractivity contribution in [3.63, 3.8) is 0 Å². The monoisotopic (exact) mass is 726 g/mol. The third kappa shape index (κ3) is 42.4. The van der Waals surface area contributed by atoms with Gasteiger partial charge in [0, 0.05) is 12.8 Å². The zero-order chi connectivity index (χ0) is 35.4. The van der Waals surface area contributed by atoms with E-state index >= 15 is 0 Å². The number of phosphoric acid groups is 1. The molecule has 10 heteroatoms. The Morgan fingerprint density at radius 3 is 1.06 bits per heavy atom. The molecule has 0 aromatic rings. The van der Waals surface area contributed by atoms with E-state index in [0.29, 0.717) is 12.8 Å². The summed E-state index contributed by atoms with van der Waals surface area (Å²) in [6.45, 7) is 3.52. The van der Waals surface area contributed by atoms with E-state index in [-0.39, 0.29) is 49.0 Å². The fourth-order valence-electron chi connectivity index (χ4n) is 6.07. The normalized spacial score (nSPS) is 12.1. The predicted molar refractivity (Wildman–Crippen MR) is 193 cm³/mol. The molecular weight excluding hydrogens is 650 g/mol. The first-order valence-corrected chi connectivity index (χ1v) is 21.8. The van der Waals surface area contributed by atoms with Gasteiger partial charge in [-0.1, -0.05) is 194 Å². The minimum absolute atomic E-state index is 0. The summed E-state index contributed by atoms with van der Waals surface area (Å²) in [5.74, 6) is -0.941. The maximum Gasteiger partial charge on any atom is 1.00 e. The molecule has 0 aliphatic heterocycles. The Kier molecular flexibility index (Phi) is 41.0. The summed E-state index contributed by atoms with van der Waals surface area (Å²) in [6.07, 6.45) is 36.3. The predicted octanol–water partition coefficient (Wildman–Crippen LogP) is 7.81. The quantitative estimate of drug-likeness (QED) is 0.0273. The Balaban J connectivity index is 0. The van der Waals surface area contributed by atoms with E-state index in [1.54, 1.807) is 0 Å². The summed E-state index contributed by atoms with van der Waals surface area (Å²) in [5.41, 5.74) is 0. The molecule has 0 heterocycles. The maximum absolute atomic E-state index is 12.3. The van der Waals surface area contributed by atoms with E-state index in [1.165, 1.54) is 148 Å². The molecule has 0 rings (SSSR count). The standard InChI is InChI=1S/C39H77O8P.Na/c1-3-5-7-9-11-13-15-17-19-21-23-25-27-29-31-33-38(40)45-35-37(36-46-48(42,43)44)47-39(41)34-32-30-28-26-24-22-20-18-16-14-12-10-8-6-4-2;/h37H,3-36H2,1-2H3,(H2,42,43,44);/q;+1/p-2/t37-;/m1./s1. The van der Waals surface area contributed by atoms with E-state index in [1.807, 2.05) is 0 Å². The Labute approximate surface area is 324 Å². The van der Waals surface area contributed by atoms with Crippen molar-refractivity contribution in [1.29, 1.82) is 0 Å². The van der Waals surface area contributed by atoms with Crippen molar-refractivity contribution in [1.82, 2.24) is 0 Å². The minimum atomic E-state index is -5.24. The molecule has 0 saturated carbocycles. The number of carbonyl (C=O) groups is 2. The minimum Gasteiger partial charge on any atom is -0.790 e.